The van der Waals surface area contributed by atoms with E-state index in [4.69, 9.17) is 16.3 Å². The van der Waals surface area contributed by atoms with E-state index in [0.717, 1.165) is 11.8 Å². The quantitative estimate of drug-likeness (QED) is 0.888. The Morgan fingerprint density at radius 1 is 1.32 bits per heavy atom. The van der Waals surface area contributed by atoms with Gasteiger partial charge in [0.2, 0.25) is 0 Å². The maximum Gasteiger partial charge on any atom is 0.260 e. The van der Waals surface area contributed by atoms with E-state index in [-0.39, 0.29) is 11.9 Å². The van der Waals surface area contributed by atoms with Crippen LogP contribution in [0.15, 0.2) is 24.3 Å². The minimum Gasteiger partial charge on any atom is -0.481 e. The molecule has 2 fully saturated rings. The third-order valence-electron chi connectivity index (χ3n) is 5.28. The zero-order valence-corrected chi connectivity index (χ0v) is 14.0. The summed E-state index contributed by atoms with van der Waals surface area (Å²) in [6.45, 7) is 3.92. The standard InChI is InChI=1S/C18H24ClNO2/c1-11(17-9-13-6-7-14(17)8-13)20-18(21)12(2)22-16-5-3-4-15(19)10-16/h3-5,10-14,17H,6-9H2,1-2H3,(H,20,21)/t11-,12-,13-,14-,17+/m1/s1. The fourth-order valence-corrected chi connectivity index (χ4v) is 4.33. The van der Waals surface area contributed by atoms with Crippen molar-refractivity contribution >= 4 is 17.5 Å². The first-order valence-electron chi connectivity index (χ1n) is 8.25. The predicted molar refractivity (Wildman–Crippen MR) is 88.1 cm³/mol. The zero-order chi connectivity index (χ0) is 15.7. The number of hydrogen-bond donors (Lipinski definition) is 1. The Hall–Kier alpha value is -1.22. The molecule has 2 aliphatic carbocycles. The van der Waals surface area contributed by atoms with Crippen molar-refractivity contribution in [1.82, 2.24) is 5.32 Å². The van der Waals surface area contributed by atoms with Gasteiger partial charge in [-0.15, -0.1) is 0 Å². The van der Waals surface area contributed by atoms with Gasteiger partial charge in [0.25, 0.3) is 5.91 Å². The molecule has 1 aromatic rings. The largest absolute Gasteiger partial charge is 0.481 e. The fourth-order valence-electron chi connectivity index (χ4n) is 4.15. The van der Waals surface area contributed by atoms with E-state index in [1.165, 1.54) is 25.7 Å². The molecular weight excluding hydrogens is 298 g/mol. The Morgan fingerprint density at radius 3 is 2.77 bits per heavy atom. The number of carbonyl (C=O) groups is 1. The van der Waals surface area contributed by atoms with E-state index in [1.54, 1.807) is 19.1 Å². The summed E-state index contributed by atoms with van der Waals surface area (Å²) in [6.07, 6.45) is 4.84. The van der Waals surface area contributed by atoms with E-state index in [1.807, 2.05) is 12.1 Å². The van der Waals surface area contributed by atoms with Gasteiger partial charge in [-0.3, -0.25) is 4.79 Å². The highest BCUT2D eigenvalue weighted by molar-refractivity contribution is 6.30. The van der Waals surface area contributed by atoms with E-state index >= 15 is 0 Å². The summed E-state index contributed by atoms with van der Waals surface area (Å²) in [5.41, 5.74) is 0. The van der Waals surface area contributed by atoms with Crippen LogP contribution in [-0.2, 0) is 4.79 Å². The lowest BCUT2D eigenvalue weighted by Crippen LogP contribution is -2.45. The molecule has 0 spiro atoms. The monoisotopic (exact) mass is 321 g/mol. The Morgan fingerprint density at radius 2 is 2.14 bits per heavy atom. The molecule has 3 nitrogen and oxygen atoms in total. The number of rotatable bonds is 5. The first-order chi connectivity index (χ1) is 10.5. The topological polar surface area (TPSA) is 38.3 Å². The van der Waals surface area contributed by atoms with Gasteiger partial charge in [-0.2, -0.15) is 0 Å². The molecule has 2 bridgehead atoms. The van der Waals surface area contributed by atoms with Gasteiger partial charge in [0, 0.05) is 11.1 Å². The predicted octanol–water partition coefficient (Wildman–Crippen LogP) is 4.05. The summed E-state index contributed by atoms with van der Waals surface area (Å²) in [6, 6.07) is 7.38. The van der Waals surface area contributed by atoms with Crippen molar-refractivity contribution in [3.63, 3.8) is 0 Å². The van der Waals surface area contributed by atoms with Gasteiger partial charge in [0.1, 0.15) is 5.75 Å². The number of fused-ring (bicyclic) bond motifs is 2. The maximum atomic E-state index is 12.3. The third-order valence-corrected chi connectivity index (χ3v) is 5.52. The van der Waals surface area contributed by atoms with Crippen molar-refractivity contribution in [2.45, 2.75) is 51.7 Å². The van der Waals surface area contributed by atoms with Crippen molar-refractivity contribution in [2.24, 2.45) is 17.8 Å². The smallest absolute Gasteiger partial charge is 0.260 e. The molecule has 0 saturated heterocycles. The highest BCUT2D eigenvalue weighted by Gasteiger charge is 2.42. The Balaban J connectivity index is 1.52. The average Bonchev–Trinajstić information content (AvgIpc) is 3.09. The second kappa shape index (κ2) is 6.49. The number of ether oxygens (including phenoxy) is 1. The number of halogens is 1. The van der Waals surface area contributed by atoms with Gasteiger partial charge < -0.3 is 10.1 Å². The van der Waals surface area contributed by atoms with Gasteiger partial charge in [-0.05, 0) is 69.1 Å². The molecule has 2 saturated carbocycles. The molecule has 1 N–H and O–H groups in total. The molecule has 0 unspecified atom stereocenters. The summed E-state index contributed by atoms with van der Waals surface area (Å²) in [7, 11) is 0. The molecule has 2 aliphatic rings. The van der Waals surface area contributed by atoms with E-state index in [2.05, 4.69) is 12.2 Å². The Kier molecular flexibility index (Phi) is 4.62. The molecule has 1 amide bonds. The van der Waals surface area contributed by atoms with Crippen LogP contribution in [0.1, 0.15) is 39.5 Å². The number of amides is 1. The van der Waals surface area contributed by atoms with Gasteiger partial charge >= 0.3 is 0 Å². The van der Waals surface area contributed by atoms with Crippen molar-refractivity contribution in [3.05, 3.63) is 29.3 Å². The fraction of sp³-hybridized carbons (Fsp3) is 0.611. The number of carbonyl (C=O) groups excluding carboxylic acids is 1. The molecule has 120 valence electrons. The summed E-state index contributed by atoms with van der Waals surface area (Å²) >= 11 is 5.93. The molecule has 0 heterocycles. The molecular formula is C18H24ClNO2. The van der Waals surface area contributed by atoms with E-state index < -0.39 is 6.10 Å². The van der Waals surface area contributed by atoms with E-state index in [9.17, 15) is 4.79 Å². The summed E-state index contributed by atoms with van der Waals surface area (Å²) in [5, 5.41) is 3.76. The van der Waals surface area contributed by atoms with E-state index in [0.29, 0.717) is 16.7 Å². The summed E-state index contributed by atoms with van der Waals surface area (Å²) in [4.78, 5) is 12.3. The molecule has 0 aromatic heterocycles. The lowest BCUT2D eigenvalue weighted by atomic mass is 9.84. The first kappa shape index (κ1) is 15.7. The molecule has 0 aliphatic heterocycles. The van der Waals surface area contributed by atoms with Crippen LogP contribution in [0.4, 0.5) is 0 Å². The van der Waals surface area contributed by atoms with Gasteiger partial charge in [-0.25, -0.2) is 0 Å². The normalized spacial score (nSPS) is 29.1. The second-order valence-corrected chi connectivity index (χ2v) is 7.29. The van der Waals surface area contributed by atoms with Crippen molar-refractivity contribution in [3.8, 4) is 5.75 Å². The summed E-state index contributed by atoms with van der Waals surface area (Å²) in [5.74, 6) is 2.93. The number of benzene rings is 1. The number of nitrogens with one attached hydrogen (secondary N) is 1. The highest BCUT2D eigenvalue weighted by atomic mass is 35.5. The molecule has 1 aromatic carbocycles. The lowest BCUT2D eigenvalue weighted by Gasteiger charge is -2.29. The minimum absolute atomic E-state index is 0.0461. The Labute approximate surface area is 137 Å². The van der Waals surface area contributed by atoms with Crippen LogP contribution in [0, 0.1) is 17.8 Å². The van der Waals surface area contributed by atoms with Crippen LogP contribution < -0.4 is 10.1 Å². The van der Waals surface area contributed by atoms with Crippen LogP contribution in [0.5, 0.6) is 5.75 Å². The summed E-state index contributed by atoms with van der Waals surface area (Å²) < 4.78 is 5.69. The van der Waals surface area contributed by atoms with Crippen molar-refractivity contribution in [1.29, 1.82) is 0 Å². The van der Waals surface area contributed by atoms with Crippen LogP contribution >= 0.6 is 11.6 Å². The van der Waals surface area contributed by atoms with Crippen LogP contribution in [0.25, 0.3) is 0 Å². The number of hydrogen-bond acceptors (Lipinski definition) is 2. The molecule has 3 rings (SSSR count). The van der Waals surface area contributed by atoms with Crippen LogP contribution in [0.3, 0.4) is 0 Å². The maximum absolute atomic E-state index is 12.3. The zero-order valence-electron chi connectivity index (χ0n) is 13.2. The van der Waals surface area contributed by atoms with Gasteiger partial charge in [0.15, 0.2) is 6.10 Å². The molecule has 4 heteroatoms. The highest BCUT2D eigenvalue weighted by Crippen LogP contribution is 2.49. The Bertz CT molecular complexity index is 548. The SMILES string of the molecule is C[C@@H](Oc1cccc(Cl)c1)C(=O)N[C@H](C)[C@@H]1C[C@@H]2CC[C@@H]1C2. The van der Waals surface area contributed by atoms with Crippen LogP contribution in [0.2, 0.25) is 5.02 Å². The molecule has 0 radical (unpaired) electrons. The average molecular weight is 322 g/mol. The molecule has 5 atom stereocenters. The second-order valence-electron chi connectivity index (χ2n) is 6.85. The lowest BCUT2D eigenvalue weighted by molar-refractivity contribution is -0.128. The minimum atomic E-state index is -0.514. The van der Waals surface area contributed by atoms with Crippen molar-refractivity contribution in [2.75, 3.05) is 0 Å². The van der Waals surface area contributed by atoms with Crippen molar-refractivity contribution < 1.29 is 9.53 Å². The first-order valence-corrected chi connectivity index (χ1v) is 8.63. The van der Waals surface area contributed by atoms with Gasteiger partial charge in [-0.1, -0.05) is 24.1 Å². The third kappa shape index (κ3) is 3.40. The van der Waals surface area contributed by atoms with Crippen LogP contribution in [-0.4, -0.2) is 18.1 Å². The molecule has 22 heavy (non-hydrogen) atoms. The van der Waals surface area contributed by atoms with Gasteiger partial charge in [0.05, 0.1) is 0 Å².